The van der Waals surface area contributed by atoms with E-state index in [1.54, 1.807) is 0 Å². The van der Waals surface area contributed by atoms with Gasteiger partial charge in [0.25, 0.3) is 5.24 Å². The summed E-state index contributed by atoms with van der Waals surface area (Å²) in [5, 5.41) is 38.0. The maximum absolute atomic E-state index is 12.8. The normalized spacial score (nSPS) is 27.5. The Morgan fingerprint density at radius 3 is 1.43 bits per heavy atom. The van der Waals surface area contributed by atoms with Crippen molar-refractivity contribution >= 4 is 69.6 Å². The van der Waals surface area contributed by atoms with Crippen molar-refractivity contribution in [3.8, 4) is 17.2 Å². The van der Waals surface area contributed by atoms with Gasteiger partial charge in [0.2, 0.25) is 0 Å². The van der Waals surface area contributed by atoms with Crippen LogP contribution in [0.2, 0.25) is 15.1 Å². The van der Waals surface area contributed by atoms with Crippen LogP contribution in [-0.2, 0) is 81.3 Å². The van der Waals surface area contributed by atoms with E-state index >= 15 is 0 Å². The summed E-state index contributed by atoms with van der Waals surface area (Å²) in [4.78, 5) is 47.0. The number of esters is 2. The lowest BCUT2D eigenvalue weighted by Crippen LogP contribution is -2.37. The number of unbranched alkanes of at least 4 members (excludes halogenated alkanes) is 6. The number of carboxylic acid groups (broad SMARTS) is 1. The van der Waals surface area contributed by atoms with Crippen molar-refractivity contribution in [2.75, 3.05) is 40.1 Å². The zero-order chi connectivity index (χ0) is 76.8. The molecule has 2 saturated heterocycles. The molecule has 17 nitrogen and oxygen atoms in total. The highest BCUT2D eigenvalue weighted by Crippen LogP contribution is 2.55. The van der Waals surface area contributed by atoms with E-state index in [1.165, 1.54) is 97.7 Å². The lowest BCUT2D eigenvalue weighted by Gasteiger charge is -2.33. The molecule has 598 valence electrons. The molecular weight excluding hydrogens is 1460 g/mol. The molecule has 6 aliphatic carbocycles. The van der Waals surface area contributed by atoms with E-state index < -0.39 is 22.4 Å². The molecule has 5 fully saturated rings. The molecule has 4 aromatic rings. The summed E-state index contributed by atoms with van der Waals surface area (Å²) in [5.74, 6) is 4.09. The van der Waals surface area contributed by atoms with Gasteiger partial charge in [-0.2, -0.15) is 0 Å². The number of aliphatic carboxylic acids is 1. The number of carboxylic acids is 1. The van der Waals surface area contributed by atoms with E-state index in [-0.39, 0.29) is 83.9 Å². The van der Waals surface area contributed by atoms with Gasteiger partial charge in [0.15, 0.2) is 32.4 Å². The maximum atomic E-state index is 12.8. The summed E-state index contributed by atoms with van der Waals surface area (Å²) in [7, 11) is 1.00. The Morgan fingerprint density at radius 2 is 0.963 bits per heavy atom. The average molecular weight is 1580 g/mol. The van der Waals surface area contributed by atoms with Crippen LogP contribution in [0.3, 0.4) is 0 Å². The van der Waals surface area contributed by atoms with E-state index in [0.717, 1.165) is 211 Å². The highest BCUT2D eigenvalue weighted by Gasteiger charge is 2.53. The van der Waals surface area contributed by atoms with Crippen LogP contribution >= 0.6 is 46.4 Å². The molecule has 4 aliphatic heterocycles. The molecule has 0 amide bonds. The molecular formula is C87H120Cl4O17. The van der Waals surface area contributed by atoms with Crippen LogP contribution in [0.15, 0.2) is 66.7 Å². The summed E-state index contributed by atoms with van der Waals surface area (Å²) in [6.45, 7) is 7.89. The number of ether oxygens (including phenoxy) is 9. The Hall–Kier alpha value is -4.76. The minimum atomic E-state index is -0.962. The van der Waals surface area contributed by atoms with Crippen LogP contribution in [0.4, 0.5) is 0 Å². The molecule has 2 unspecified atom stereocenters. The smallest absolute Gasteiger partial charge is 0.344 e. The molecule has 3 saturated carbocycles. The van der Waals surface area contributed by atoms with Gasteiger partial charge in [-0.25, -0.2) is 14.4 Å². The van der Waals surface area contributed by atoms with Crippen molar-refractivity contribution < 1.29 is 82.2 Å². The molecule has 0 spiro atoms. The molecule has 14 atom stereocenters. The minimum absolute atomic E-state index is 0.000120. The number of hydrogen-bond donors (Lipinski definition) is 4. The van der Waals surface area contributed by atoms with E-state index in [1.807, 2.05) is 30.3 Å². The van der Waals surface area contributed by atoms with Crippen LogP contribution in [-0.4, -0.2) is 131 Å². The van der Waals surface area contributed by atoms with Crippen molar-refractivity contribution in [2.45, 2.75) is 300 Å². The minimum Gasteiger partial charge on any atom is -0.482 e. The standard InChI is InChI=1S/C28H42O6.C28H40O5.C23H32O4.C7H2Cl4O.CH4O/c1-2-3-4-9-23(34-27-11-5-6-14-32-27)12-13-28(31)17-21-15-20-8-7-10-25(33-19-26(29)30)24(20)16-22(21)18-28;1-2-3-4-9-23(32-27-11-5-6-14-30-27)12-13-28-17-21-15-20-8-7-10-25(31-19-26(29)33-28)24(20)16-22(21)18-28;1-2-3-4-7-19(24)9-10-23-13-17-11-16-6-5-8-21(26-15-22(25)27-23)20(16)12-18(17)14-23;8-3-1-4(9)6(7(11)12)5(10)2-3;1-2/h7-8,10,21-23,27,31H,2-6,9,11-19H2,1H3,(H,29,30);7-8,10,21-23,27H,2-6,9,11-19H2,1H3;5-6,8,17-19,24H,2-4,7,9-15H2,1H3;1-2H;2H,1H3/t2*21-,22+,23-,27?,28+;17-,18+,19-,23+;;/m111../s1. The molecule has 4 N–H and O–H groups in total. The Balaban J connectivity index is 0.000000159. The fourth-order valence-corrected chi connectivity index (χ4v) is 20.5. The quantitative estimate of drug-likeness (QED) is 0.0225. The molecule has 21 heteroatoms. The molecule has 0 aromatic heterocycles. The van der Waals surface area contributed by atoms with Gasteiger partial charge in [0, 0.05) is 25.3 Å². The number of aliphatic hydroxyl groups excluding tert-OH is 2. The predicted octanol–water partition coefficient (Wildman–Crippen LogP) is 18.9. The van der Waals surface area contributed by atoms with Gasteiger partial charge < -0.3 is 63.1 Å². The number of benzene rings is 4. The second-order valence-corrected chi connectivity index (χ2v) is 34.0. The van der Waals surface area contributed by atoms with Crippen molar-refractivity contribution in [1.82, 2.24) is 0 Å². The summed E-state index contributed by atoms with van der Waals surface area (Å²) in [6, 6.07) is 21.3. The van der Waals surface area contributed by atoms with Crippen LogP contribution in [0.5, 0.6) is 17.2 Å². The highest BCUT2D eigenvalue weighted by molar-refractivity contribution is 6.70. The summed E-state index contributed by atoms with van der Waals surface area (Å²) in [5.41, 5.74) is 6.39. The Kier molecular flexibility index (Phi) is 33.2. The van der Waals surface area contributed by atoms with E-state index in [9.17, 15) is 29.4 Å². The number of halogens is 4. The van der Waals surface area contributed by atoms with Gasteiger partial charge in [0.1, 0.15) is 28.5 Å². The fraction of sp³-hybridized carbons (Fsp3) is 0.678. The second-order valence-electron chi connectivity index (χ2n) is 32.4. The first-order valence-corrected chi connectivity index (χ1v) is 42.3. The van der Waals surface area contributed by atoms with Crippen molar-refractivity contribution in [2.24, 2.45) is 35.5 Å². The van der Waals surface area contributed by atoms with E-state index in [2.05, 4.69) is 45.0 Å². The van der Waals surface area contributed by atoms with Crippen LogP contribution in [0, 0.1) is 35.5 Å². The first-order chi connectivity index (χ1) is 52.2. The van der Waals surface area contributed by atoms with Crippen LogP contribution in [0.1, 0.15) is 257 Å². The first kappa shape index (κ1) is 85.7. The molecule has 6 bridgehead atoms. The SMILES string of the molecule is CCCCC[C@@H](O)CC[C@]12C[C@H]3Cc4cccc(c4C[C@H]3C1)OCC(=O)O2.CCCCC[C@H](CC[C@]1(O)C[C@H]2Cc3cccc(OCC(=O)O)c3C[C@H]2C1)OC1CCCCO1.CCCCC[C@H](CC[C@]12C[C@H]3Cc4cccc(c4C[C@H]3C1)OCC(=O)O2)OC1CCCCO1.CO.O=C(Cl)c1c(Cl)cc(Cl)cc1Cl. The zero-order valence-electron chi connectivity index (χ0n) is 64.3. The molecule has 14 rings (SSSR count). The Labute approximate surface area is 661 Å². The first-order valence-electron chi connectivity index (χ1n) is 40.8. The van der Waals surface area contributed by atoms with E-state index in [0.29, 0.717) is 46.3 Å². The van der Waals surface area contributed by atoms with Crippen molar-refractivity contribution in [1.29, 1.82) is 0 Å². The third-order valence-electron chi connectivity index (χ3n) is 24.4. The Morgan fingerprint density at radius 1 is 0.537 bits per heavy atom. The van der Waals surface area contributed by atoms with Crippen molar-refractivity contribution in [3.05, 3.63) is 121 Å². The maximum Gasteiger partial charge on any atom is 0.344 e. The monoisotopic (exact) mass is 1580 g/mol. The second kappa shape index (κ2) is 41.8. The lowest BCUT2D eigenvalue weighted by atomic mass is 9.77. The van der Waals surface area contributed by atoms with Gasteiger partial charge in [0.05, 0.1) is 39.5 Å². The highest BCUT2D eigenvalue weighted by atomic mass is 35.5. The number of carbonyl (C=O) groups excluding carboxylic acids is 3. The zero-order valence-corrected chi connectivity index (χ0v) is 67.3. The molecule has 4 heterocycles. The van der Waals surface area contributed by atoms with Gasteiger partial charge >= 0.3 is 17.9 Å². The molecule has 10 aliphatic rings. The topological polar surface area (TPSA) is 232 Å². The average Bonchev–Trinajstić information content (AvgIpc) is 1.74. The fourth-order valence-electron chi connectivity index (χ4n) is 19.2. The Bertz CT molecular complexity index is 3520. The lowest BCUT2D eigenvalue weighted by molar-refractivity contribution is -0.194. The van der Waals surface area contributed by atoms with Gasteiger partial charge in [-0.15, -0.1) is 0 Å². The number of fused-ring (bicyclic) bond motifs is 4. The number of hydrogen-bond acceptors (Lipinski definition) is 16. The third-order valence-corrected chi connectivity index (χ3v) is 25.4. The van der Waals surface area contributed by atoms with Crippen molar-refractivity contribution in [3.63, 3.8) is 0 Å². The van der Waals surface area contributed by atoms with Crippen LogP contribution < -0.4 is 14.2 Å². The molecule has 108 heavy (non-hydrogen) atoms. The van der Waals surface area contributed by atoms with Gasteiger partial charge in [-0.1, -0.05) is 150 Å². The van der Waals surface area contributed by atoms with E-state index in [4.69, 9.17) is 99.2 Å². The largest absolute Gasteiger partial charge is 0.482 e. The number of carbonyl (C=O) groups is 4. The predicted molar refractivity (Wildman–Crippen MR) is 420 cm³/mol. The van der Waals surface area contributed by atoms with Crippen LogP contribution in [0.25, 0.3) is 0 Å². The summed E-state index contributed by atoms with van der Waals surface area (Å²) in [6.07, 6.45) is 36.3. The summed E-state index contributed by atoms with van der Waals surface area (Å²) >= 11 is 22.1. The molecule has 0 radical (unpaired) electrons. The van der Waals surface area contributed by atoms with Gasteiger partial charge in [-0.3, -0.25) is 4.79 Å². The summed E-state index contributed by atoms with van der Waals surface area (Å²) < 4.78 is 54.2. The number of rotatable bonds is 29. The molecule has 4 aromatic carbocycles. The van der Waals surface area contributed by atoms with Gasteiger partial charge in [-0.05, 0) is 284 Å². The third kappa shape index (κ3) is 24.1. The number of aliphatic hydroxyl groups is 3.